The summed E-state index contributed by atoms with van der Waals surface area (Å²) in [6.07, 6.45) is 1.84. The lowest BCUT2D eigenvalue weighted by Crippen LogP contribution is -2.30. The fourth-order valence-electron chi connectivity index (χ4n) is 3.56. The maximum atomic E-state index is 13.2. The third-order valence-corrected chi connectivity index (χ3v) is 5.78. The maximum absolute atomic E-state index is 13.2. The van der Waals surface area contributed by atoms with E-state index in [4.69, 9.17) is 16.3 Å². The number of nitrogens with zero attached hydrogens (tertiary/aromatic N) is 4. The van der Waals surface area contributed by atoms with Crippen molar-refractivity contribution >= 4 is 22.6 Å². The molecule has 2 aromatic carbocycles. The minimum absolute atomic E-state index is 0.000110. The molecule has 0 saturated carbocycles. The zero-order chi connectivity index (χ0) is 23.7. The highest BCUT2D eigenvalue weighted by molar-refractivity contribution is 6.31. The van der Waals surface area contributed by atoms with Crippen LogP contribution in [0.3, 0.4) is 0 Å². The molecule has 172 valence electrons. The lowest BCUT2D eigenvalue weighted by Gasteiger charge is -2.18. The van der Waals surface area contributed by atoms with Gasteiger partial charge in [-0.05, 0) is 60.4 Å². The molecule has 2 heterocycles. The van der Waals surface area contributed by atoms with Crippen LogP contribution in [0.2, 0.25) is 5.02 Å². The number of aromatic nitrogens is 4. The summed E-state index contributed by atoms with van der Waals surface area (Å²) in [7, 11) is 0. The third kappa shape index (κ3) is 4.77. The van der Waals surface area contributed by atoms with Crippen molar-refractivity contribution in [3.63, 3.8) is 0 Å². The van der Waals surface area contributed by atoms with Gasteiger partial charge in [0.2, 0.25) is 0 Å². The highest BCUT2D eigenvalue weighted by Crippen LogP contribution is 2.32. The maximum Gasteiger partial charge on any atom is 0.264 e. The molecule has 7 nitrogen and oxygen atoms in total. The van der Waals surface area contributed by atoms with E-state index in [0.29, 0.717) is 27.5 Å². The molecule has 2 aromatic heterocycles. The molecule has 0 spiro atoms. The zero-order valence-electron chi connectivity index (χ0n) is 18.5. The van der Waals surface area contributed by atoms with Gasteiger partial charge in [-0.2, -0.15) is 5.10 Å². The first-order valence-electron chi connectivity index (χ1n) is 10.5. The predicted octanol–water partition coefficient (Wildman–Crippen LogP) is 4.25. The van der Waals surface area contributed by atoms with Gasteiger partial charge in [0.05, 0.1) is 18.4 Å². The second-order valence-corrected chi connectivity index (χ2v) is 8.64. The smallest absolute Gasteiger partial charge is 0.264 e. The van der Waals surface area contributed by atoms with E-state index in [0.717, 1.165) is 11.1 Å². The number of benzene rings is 2. The van der Waals surface area contributed by atoms with Crippen LogP contribution in [0.1, 0.15) is 30.9 Å². The van der Waals surface area contributed by atoms with Crippen LogP contribution in [0, 0.1) is 12.7 Å². The fourth-order valence-corrected chi connectivity index (χ4v) is 3.73. The summed E-state index contributed by atoms with van der Waals surface area (Å²) < 4.78 is 21.9. The Bertz CT molecular complexity index is 1350. The van der Waals surface area contributed by atoms with Gasteiger partial charge in [-0.15, -0.1) is 0 Å². The van der Waals surface area contributed by atoms with Gasteiger partial charge in [0.1, 0.15) is 36.0 Å². The molecule has 0 fully saturated rings. The van der Waals surface area contributed by atoms with Crippen molar-refractivity contribution in [1.82, 2.24) is 19.3 Å². The van der Waals surface area contributed by atoms with Crippen molar-refractivity contribution in [3.8, 4) is 11.4 Å². The molecule has 0 amide bonds. The Balaban J connectivity index is 1.51. The van der Waals surface area contributed by atoms with Crippen molar-refractivity contribution in [2.75, 3.05) is 6.61 Å². The Hall–Kier alpha value is -3.23. The van der Waals surface area contributed by atoms with Gasteiger partial charge in [-0.25, -0.2) is 14.1 Å². The van der Waals surface area contributed by atoms with Crippen LogP contribution in [0.25, 0.3) is 16.7 Å². The Kier molecular flexibility index (Phi) is 6.49. The van der Waals surface area contributed by atoms with Gasteiger partial charge >= 0.3 is 0 Å². The molecule has 0 radical (unpaired) electrons. The van der Waals surface area contributed by atoms with E-state index in [1.54, 1.807) is 12.1 Å². The standard InChI is InChI=1S/C24H24ClFN4O3/c1-14(2)19-9-21(25)15(3)8-22(19)33-12-18(31)11-29-13-27-23-20(24(29)32)10-28-30(23)17-6-4-16(26)5-7-17/h4-10,13-14,18,31H,11-12H2,1-3H3. The molecule has 0 bridgehead atoms. The van der Waals surface area contributed by atoms with Crippen LogP contribution >= 0.6 is 11.6 Å². The quantitative estimate of drug-likeness (QED) is 0.436. The minimum atomic E-state index is -0.940. The summed E-state index contributed by atoms with van der Waals surface area (Å²) in [4.78, 5) is 17.2. The van der Waals surface area contributed by atoms with Crippen molar-refractivity contribution < 1.29 is 14.2 Å². The summed E-state index contributed by atoms with van der Waals surface area (Å²) in [6, 6.07) is 9.47. The first kappa shape index (κ1) is 22.9. The Labute approximate surface area is 195 Å². The lowest BCUT2D eigenvalue weighted by atomic mass is 10.0. The highest BCUT2D eigenvalue weighted by atomic mass is 35.5. The number of hydrogen-bond donors (Lipinski definition) is 1. The van der Waals surface area contributed by atoms with Crippen LogP contribution in [0.5, 0.6) is 5.75 Å². The van der Waals surface area contributed by atoms with E-state index in [1.165, 1.54) is 33.9 Å². The monoisotopic (exact) mass is 470 g/mol. The summed E-state index contributed by atoms with van der Waals surface area (Å²) in [5, 5.41) is 15.7. The van der Waals surface area contributed by atoms with Crippen molar-refractivity contribution in [1.29, 1.82) is 0 Å². The molecule has 4 aromatic rings. The molecule has 33 heavy (non-hydrogen) atoms. The third-order valence-electron chi connectivity index (χ3n) is 5.38. The molecular weight excluding hydrogens is 447 g/mol. The van der Waals surface area contributed by atoms with Gasteiger partial charge in [-0.1, -0.05) is 25.4 Å². The van der Waals surface area contributed by atoms with Gasteiger partial charge in [0, 0.05) is 5.02 Å². The Morgan fingerprint density at radius 3 is 2.64 bits per heavy atom. The number of fused-ring (bicyclic) bond motifs is 1. The average molecular weight is 471 g/mol. The Morgan fingerprint density at radius 2 is 1.94 bits per heavy atom. The van der Waals surface area contributed by atoms with Gasteiger partial charge in [-0.3, -0.25) is 9.36 Å². The molecule has 0 saturated heterocycles. The second kappa shape index (κ2) is 9.33. The summed E-state index contributed by atoms with van der Waals surface area (Å²) in [5.41, 5.74) is 2.44. The molecular formula is C24H24ClFN4O3. The number of aliphatic hydroxyl groups excluding tert-OH is 1. The molecule has 1 unspecified atom stereocenters. The second-order valence-electron chi connectivity index (χ2n) is 8.23. The fraction of sp³-hybridized carbons (Fsp3) is 0.292. The molecule has 0 aliphatic rings. The van der Waals surface area contributed by atoms with Crippen molar-refractivity contribution in [2.24, 2.45) is 0 Å². The number of halogens is 2. The summed E-state index contributed by atoms with van der Waals surface area (Å²) in [6.45, 7) is 5.98. The number of ether oxygens (including phenoxy) is 1. The summed E-state index contributed by atoms with van der Waals surface area (Å²) in [5.74, 6) is 0.491. The lowest BCUT2D eigenvalue weighted by molar-refractivity contribution is 0.0908. The van der Waals surface area contributed by atoms with Crippen molar-refractivity contribution in [3.05, 3.63) is 81.2 Å². The average Bonchev–Trinajstić information content (AvgIpc) is 3.21. The SMILES string of the molecule is Cc1cc(OCC(O)Cn2cnc3c(cnn3-c3ccc(F)cc3)c2=O)c(C(C)C)cc1Cl. The normalized spacial score (nSPS) is 12.5. The number of aryl methyl sites for hydroxylation is 1. The van der Waals surface area contributed by atoms with E-state index in [1.807, 2.05) is 32.9 Å². The predicted molar refractivity (Wildman–Crippen MR) is 125 cm³/mol. The number of hydrogen-bond acceptors (Lipinski definition) is 5. The van der Waals surface area contributed by atoms with E-state index >= 15 is 0 Å². The molecule has 4 rings (SSSR count). The molecule has 1 N–H and O–H groups in total. The van der Waals surface area contributed by atoms with Crippen molar-refractivity contribution in [2.45, 2.75) is 39.3 Å². The van der Waals surface area contributed by atoms with Crippen LogP contribution < -0.4 is 10.3 Å². The molecule has 0 aliphatic carbocycles. The van der Waals surface area contributed by atoms with Crippen LogP contribution in [-0.4, -0.2) is 37.1 Å². The first-order valence-corrected chi connectivity index (χ1v) is 10.9. The highest BCUT2D eigenvalue weighted by Gasteiger charge is 2.16. The van der Waals surface area contributed by atoms with E-state index < -0.39 is 6.10 Å². The van der Waals surface area contributed by atoms with Crippen LogP contribution in [0.4, 0.5) is 4.39 Å². The van der Waals surface area contributed by atoms with Crippen LogP contribution in [0.15, 0.2) is 53.7 Å². The molecule has 0 aliphatic heterocycles. The zero-order valence-corrected chi connectivity index (χ0v) is 19.3. The van der Waals surface area contributed by atoms with Crippen LogP contribution in [-0.2, 0) is 6.54 Å². The van der Waals surface area contributed by atoms with E-state index in [9.17, 15) is 14.3 Å². The molecule has 1 atom stereocenters. The number of rotatable bonds is 7. The Morgan fingerprint density at radius 1 is 1.21 bits per heavy atom. The van der Waals surface area contributed by atoms with Gasteiger partial charge in [0.15, 0.2) is 5.65 Å². The minimum Gasteiger partial charge on any atom is -0.491 e. The van der Waals surface area contributed by atoms with E-state index in [-0.39, 0.29) is 30.4 Å². The van der Waals surface area contributed by atoms with Gasteiger partial charge in [0.25, 0.3) is 5.56 Å². The summed E-state index contributed by atoms with van der Waals surface area (Å²) >= 11 is 6.24. The first-order chi connectivity index (χ1) is 15.7. The number of aliphatic hydroxyl groups is 1. The largest absolute Gasteiger partial charge is 0.491 e. The topological polar surface area (TPSA) is 82.2 Å². The molecule has 9 heteroatoms. The van der Waals surface area contributed by atoms with E-state index in [2.05, 4.69) is 10.1 Å². The van der Waals surface area contributed by atoms with Gasteiger partial charge < -0.3 is 9.84 Å².